The third kappa shape index (κ3) is 3.69. The molecule has 3 aromatic rings. The molecule has 0 bridgehead atoms. The smallest absolute Gasteiger partial charge is 0.240 e. The van der Waals surface area contributed by atoms with Crippen LogP contribution >= 0.6 is 11.3 Å². The van der Waals surface area contributed by atoms with Crippen molar-refractivity contribution in [2.75, 3.05) is 0 Å². The van der Waals surface area contributed by atoms with Crippen molar-refractivity contribution < 1.29 is 8.42 Å². The van der Waals surface area contributed by atoms with Crippen molar-refractivity contribution in [2.45, 2.75) is 25.3 Å². The number of hydrogen-bond acceptors (Lipinski definition) is 5. The normalized spacial score (nSPS) is 11.6. The third-order valence-electron chi connectivity index (χ3n) is 3.52. The summed E-state index contributed by atoms with van der Waals surface area (Å²) in [5.74, 6) is 0. The highest BCUT2D eigenvalue weighted by atomic mass is 32.2. The molecule has 1 N–H and O–H groups in total. The van der Waals surface area contributed by atoms with E-state index in [1.54, 1.807) is 30.6 Å². The van der Waals surface area contributed by atoms with Crippen LogP contribution in [0.4, 0.5) is 0 Å². The number of rotatable bonds is 5. The predicted molar refractivity (Wildman–Crippen MR) is 95.3 cm³/mol. The van der Waals surface area contributed by atoms with Crippen molar-refractivity contribution in [3.63, 3.8) is 0 Å². The Labute approximate surface area is 145 Å². The monoisotopic (exact) mass is 359 g/mol. The van der Waals surface area contributed by atoms with Crippen LogP contribution in [0.1, 0.15) is 16.1 Å². The minimum atomic E-state index is -3.54. The van der Waals surface area contributed by atoms with Crippen molar-refractivity contribution in [3.8, 4) is 10.6 Å². The highest BCUT2D eigenvalue weighted by Crippen LogP contribution is 2.27. The maximum Gasteiger partial charge on any atom is 0.240 e. The second-order valence-electron chi connectivity index (χ2n) is 5.41. The topological polar surface area (TPSA) is 72.0 Å². The molecule has 24 heavy (non-hydrogen) atoms. The van der Waals surface area contributed by atoms with Crippen LogP contribution in [0.3, 0.4) is 0 Å². The van der Waals surface area contributed by atoms with E-state index in [4.69, 9.17) is 0 Å². The van der Waals surface area contributed by atoms with E-state index in [1.165, 1.54) is 11.3 Å². The Morgan fingerprint density at radius 2 is 2.00 bits per heavy atom. The number of aryl methyl sites for hydroxylation is 2. The lowest BCUT2D eigenvalue weighted by Gasteiger charge is -2.06. The molecule has 0 atom stereocenters. The zero-order valence-corrected chi connectivity index (χ0v) is 15.0. The fourth-order valence-electron chi connectivity index (χ4n) is 2.23. The highest BCUT2D eigenvalue weighted by molar-refractivity contribution is 7.89. The molecular formula is C17H17N3O2S2. The molecule has 2 heterocycles. The van der Waals surface area contributed by atoms with Gasteiger partial charge in [0.25, 0.3) is 0 Å². The standard InChI is InChI=1S/C17H17N3O2S2/c1-12-5-3-7-15(9-12)24(21,22)19-11-16-13(2)20-17(23-16)14-6-4-8-18-10-14/h3-10,19H,11H2,1-2H3. The summed E-state index contributed by atoms with van der Waals surface area (Å²) < 4.78 is 27.5. The summed E-state index contributed by atoms with van der Waals surface area (Å²) in [6.45, 7) is 3.97. The average Bonchev–Trinajstić information content (AvgIpc) is 2.95. The molecular weight excluding hydrogens is 342 g/mol. The summed E-state index contributed by atoms with van der Waals surface area (Å²) in [7, 11) is -3.54. The minimum Gasteiger partial charge on any atom is -0.264 e. The first-order chi connectivity index (χ1) is 11.5. The fraction of sp³-hybridized carbons (Fsp3) is 0.176. The summed E-state index contributed by atoms with van der Waals surface area (Å²) in [5, 5.41) is 0.838. The molecule has 0 unspecified atom stereocenters. The summed E-state index contributed by atoms with van der Waals surface area (Å²) in [5.41, 5.74) is 2.66. The van der Waals surface area contributed by atoms with Crippen molar-refractivity contribution in [1.29, 1.82) is 0 Å². The van der Waals surface area contributed by atoms with Crippen LogP contribution in [-0.2, 0) is 16.6 Å². The molecule has 0 spiro atoms. The zero-order valence-electron chi connectivity index (χ0n) is 13.4. The molecule has 7 heteroatoms. The molecule has 0 fully saturated rings. The molecule has 124 valence electrons. The van der Waals surface area contributed by atoms with Gasteiger partial charge in [0.05, 0.1) is 10.6 Å². The van der Waals surface area contributed by atoms with Gasteiger partial charge in [-0.15, -0.1) is 11.3 Å². The summed E-state index contributed by atoms with van der Waals surface area (Å²) in [4.78, 5) is 9.77. The first-order valence-corrected chi connectivity index (χ1v) is 9.69. The molecule has 0 aliphatic carbocycles. The Morgan fingerprint density at radius 3 is 2.71 bits per heavy atom. The summed E-state index contributed by atoms with van der Waals surface area (Å²) in [6, 6.07) is 10.6. The van der Waals surface area contributed by atoms with Gasteiger partial charge in [0.1, 0.15) is 5.01 Å². The van der Waals surface area contributed by atoms with Gasteiger partial charge >= 0.3 is 0 Å². The van der Waals surface area contributed by atoms with Crippen LogP contribution in [0.15, 0.2) is 53.7 Å². The maximum atomic E-state index is 12.4. The second kappa shape index (κ2) is 6.80. The third-order valence-corrected chi connectivity index (χ3v) is 6.13. The first kappa shape index (κ1) is 16.8. The number of sulfonamides is 1. The SMILES string of the molecule is Cc1cccc(S(=O)(=O)NCc2sc(-c3cccnc3)nc2C)c1. The second-order valence-corrected chi connectivity index (χ2v) is 8.26. The van der Waals surface area contributed by atoms with Gasteiger partial charge in [-0.1, -0.05) is 12.1 Å². The molecule has 0 radical (unpaired) electrons. The van der Waals surface area contributed by atoms with Gasteiger partial charge in [-0.25, -0.2) is 18.1 Å². The summed E-state index contributed by atoms with van der Waals surface area (Å²) in [6.07, 6.45) is 3.46. The van der Waals surface area contributed by atoms with Gasteiger partial charge in [-0.3, -0.25) is 4.98 Å². The molecule has 0 saturated heterocycles. The van der Waals surface area contributed by atoms with Gasteiger partial charge in [0.2, 0.25) is 10.0 Å². The zero-order chi connectivity index (χ0) is 17.2. The van der Waals surface area contributed by atoms with Crippen molar-refractivity contribution in [3.05, 3.63) is 64.9 Å². The Kier molecular flexibility index (Phi) is 4.75. The molecule has 0 aliphatic heterocycles. The Bertz CT molecular complexity index is 951. The molecule has 0 aliphatic rings. The number of hydrogen-bond donors (Lipinski definition) is 1. The molecule has 2 aromatic heterocycles. The maximum absolute atomic E-state index is 12.4. The fourth-order valence-corrected chi connectivity index (χ4v) is 4.41. The van der Waals surface area contributed by atoms with Crippen molar-refractivity contribution >= 4 is 21.4 Å². The number of thiazole rings is 1. The quantitative estimate of drug-likeness (QED) is 0.759. The van der Waals surface area contributed by atoms with E-state index in [0.717, 1.165) is 26.7 Å². The first-order valence-electron chi connectivity index (χ1n) is 7.39. The van der Waals surface area contributed by atoms with E-state index in [0.29, 0.717) is 0 Å². The van der Waals surface area contributed by atoms with E-state index >= 15 is 0 Å². The van der Waals surface area contributed by atoms with Crippen LogP contribution in [0.2, 0.25) is 0 Å². The molecule has 0 saturated carbocycles. The van der Waals surface area contributed by atoms with Gasteiger partial charge in [-0.05, 0) is 43.7 Å². The number of nitrogens with zero attached hydrogens (tertiary/aromatic N) is 2. The van der Waals surface area contributed by atoms with Gasteiger partial charge in [0, 0.05) is 29.4 Å². The lowest BCUT2D eigenvalue weighted by atomic mass is 10.2. The van der Waals surface area contributed by atoms with Gasteiger partial charge < -0.3 is 0 Å². The van der Waals surface area contributed by atoms with Crippen molar-refractivity contribution in [2.24, 2.45) is 0 Å². The Hall–Kier alpha value is -2.09. The molecule has 0 amide bonds. The van der Waals surface area contributed by atoms with E-state index < -0.39 is 10.0 Å². The van der Waals surface area contributed by atoms with Crippen LogP contribution in [0.25, 0.3) is 10.6 Å². The van der Waals surface area contributed by atoms with Crippen LogP contribution < -0.4 is 4.72 Å². The Morgan fingerprint density at radius 1 is 1.17 bits per heavy atom. The summed E-state index contributed by atoms with van der Waals surface area (Å²) >= 11 is 1.47. The minimum absolute atomic E-state index is 0.222. The lowest BCUT2D eigenvalue weighted by Crippen LogP contribution is -2.23. The average molecular weight is 359 g/mol. The van der Waals surface area contributed by atoms with Crippen LogP contribution in [0, 0.1) is 13.8 Å². The van der Waals surface area contributed by atoms with E-state index in [2.05, 4.69) is 14.7 Å². The number of aromatic nitrogens is 2. The Balaban J connectivity index is 1.79. The van der Waals surface area contributed by atoms with E-state index in [9.17, 15) is 8.42 Å². The number of nitrogens with one attached hydrogen (secondary N) is 1. The van der Waals surface area contributed by atoms with E-state index in [-0.39, 0.29) is 11.4 Å². The molecule has 1 aromatic carbocycles. The number of pyridine rings is 1. The van der Waals surface area contributed by atoms with Crippen molar-refractivity contribution in [1.82, 2.24) is 14.7 Å². The number of benzene rings is 1. The molecule has 3 rings (SSSR count). The highest BCUT2D eigenvalue weighted by Gasteiger charge is 2.16. The van der Waals surface area contributed by atoms with Gasteiger partial charge in [0.15, 0.2) is 0 Å². The molecule has 5 nitrogen and oxygen atoms in total. The van der Waals surface area contributed by atoms with E-state index in [1.807, 2.05) is 32.0 Å². The van der Waals surface area contributed by atoms with Crippen LogP contribution in [-0.4, -0.2) is 18.4 Å². The lowest BCUT2D eigenvalue weighted by molar-refractivity contribution is 0.581. The predicted octanol–water partition coefficient (Wildman–Crippen LogP) is 3.30. The van der Waals surface area contributed by atoms with Gasteiger partial charge in [-0.2, -0.15) is 0 Å². The largest absolute Gasteiger partial charge is 0.264 e. The van der Waals surface area contributed by atoms with Crippen LogP contribution in [0.5, 0.6) is 0 Å².